The van der Waals surface area contributed by atoms with E-state index >= 15 is 0 Å². The third-order valence-electron chi connectivity index (χ3n) is 7.52. The van der Waals surface area contributed by atoms with E-state index in [-0.39, 0.29) is 32.3 Å². The second-order valence-electron chi connectivity index (χ2n) is 11.7. The third kappa shape index (κ3) is 30.9. The van der Waals surface area contributed by atoms with Crippen LogP contribution in [0.5, 0.6) is 0 Å². The number of carbonyl (C=O) groups excluding carboxylic acids is 1. The minimum Gasteiger partial charge on any atom is -0.457 e. The van der Waals surface area contributed by atoms with E-state index in [1.165, 1.54) is 116 Å². The molecule has 0 heterocycles. The summed E-state index contributed by atoms with van der Waals surface area (Å²) in [5.74, 6) is -0.337. The fourth-order valence-corrected chi connectivity index (χ4v) is 5.70. The van der Waals surface area contributed by atoms with E-state index < -0.39 is 13.9 Å². The molecule has 0 spiro atoms. The van der Waals surface area contributed by atoms with Crippen molar-refractivity contribution in [2.24, 2.45) is 5.73 Å². The van der Waals surface area contributed by atoms with Crippen LogP contribution < -0.4 is 5.73 Å². The zero-order valence-electron chi connectivity index (χ0n) is 27.5. The average Bonchev–Trinajstić information content (AvgIpc) is 2.97. The smallest absolute Gasteiger partial charge is 0.457 e. The van der Waals surface area contributed by atoms with Crippen molar-refractivity contribution in [3.63, 3.8) is 0 Å². The lowest BCUT2D eigenvalue weighted by atomic mass is 10.0. The zero-order valence-corrected chi connectivity index (χ0v) is 28.4. The van der Waals surface area contributed by atoms with E-state index in [1.807, 2.05) is 0 Å². The minimum absolute atomic E-state index is 0.0912. The fourth-order valence-electron chi connectivity index (χ4n) is 4.94. The van der Waals surface area contributed by atoms with Crippen LogP contribution in [0.3, 0.4) is 0 Å². The Morgan fingerprint density at radius 1 is 0.619 bits per heavy atom. The molecule has 0 amide bonds. The van der Waals surface area contributed by atoms with Gasteiger partial charge in [-0.15, -0.1) is 0 Å². The van der Waals surface area contributed by atoms with Crippen LogP contribution in [-0.4, -0.2) is 49.9 Å². The van der Waals surface area contributed by atoms with Gasteiger partial charge in [-0.3, -0.25) is 13.8 Å². The highest BCUT2D eigenvalue weighted by molar-refractivity contribution is 7.47. The molecule has 0 aromatic heterocycles. The van der Waals surface area contributed by atoms with E-state index in [0.717, 1.165) is 32.1 Å². The van der Waals surface area contributed by atoms with Gasteiger partial charge in [0.1, 0.15) is 6.10 Å². The van der Waals surface area contributed by atoms with Crippen LogP contribution in [0.2, 0.25) is 0 Å². The van der Waals surface area contributed by atoms with E-state index in [9.17, 15) is 14.3 Å². The number of carbonyl (C=O) groups is 1. The van der Waals surface area contributed by atoms with Gasteiger partial charge in [-0.1, -0.05) is 149 Å². The quantitative estimate of drug-likeness (QED) is 0.0414. The number of phosphoric acid groups is 1. The number of rotatable bonds is 34. The Hall–Kier alpha value is -0.500. The topological polar surface area (TPSA) is 117 Å². The monoisotopic (exact) mass is 621 g/mol. The Bertz CT molecular complexity index is 623. The lowest BCUT2D eigenvalue weighted by Crippen LogP contribution is -2.28. The van der Waals surface area contributed by atoms with Crippen LogP contribution in [0.25, 0.3) is 0 Å². The third-order valence-corrected chi connectivity index (χ3v) is 8.51. The molecular formula is C33H68NO7P. The molecule has 0 bridgehead atoms. The number of hydrogen-bond donors (Lipinski definition) is 2. The first-order valence-electron chi connectivity index (χ1n) is 17.5. The van der Waals surface area contributed by atoms with Crippen molar-refractivity contribution < 1.29 is 32.8 Å². The molecule has 42 heavy (non-hydrogen) atoms. The maximum absolute atomic E-state index is 12.3. The highest BCUT2D eigenvalue weighted by atomic mass is 31.2. The fraction of sp³-hybridized carbons (Fsp3) is 0.970. The maximum atomic E-state index is 12.3. The molecule has 0 aromatic rings. The molecule has 0 aliphatic rings. The van der Waals surface area contributed by atoms with E-state index in [4.69, 9.17) is 24.3 Å². The van der Waals surface area contributed by atoms with Crippen LogP contribution >= 0.6 is 7.82 Å². The molecule has 0 aromatic carbocycles. The summed E-state index contributed by atoms with van der Waals surface area (Å²) in [6.07, 6.45) is 28.5. The number of phosphoric ester groups is 1. The van der Waals surface area contributed by atoms with E-state index in [2.05, 4.69) is 13.8 Å². The molecule has 0 fully saturated rings. The Morgan fingerprint density at radius 3 is 1.50 bits per heavy atom. The van der Waals surface area contributed by atoms with Crippen LogP contribution in [0, 0.1) is 0 Å². The summed E-state index contributed by atoms with van der Waals surface area (Å²) >= 11 is 0. The average molecular weight is 622 g/mol. The van der Waals surface area contributed by atoms with Crippen molar-refractivity contribution >= 4 is 13.8 Å². The molecular weight excluding hydrogens is 553 g/mol. The van der Waals surface area contributed by atoms with Gasteiger partial charge in [0.2, 0.25) is 0 Å². The van der Waals surface area contributed by atoms with Crippen molar-refractivity contribution in [1.82, 2.24) is 0 Å². The van der Waals surface area contributed by atoms with Gasteiger partial charge in [0, 0.05) is 19.6 Å². The lowest BCUT2D eigenvalue weighted by Gasteiger charge is -2.20. The number of esters is 1. The van der Waals surface area contributed by atoms with Crippen molar-refractivity contribution in [2.75, 3.05) is 33.0 Å². The van der Waals surface area contributed by atoms with Gasteiger partial charge < -0.3 is 20.1 Å². The second kappa shape index (κ2) is 31.9. The number of nitrogens with two attached hydrogens (primary N) is 1. The first-order valence-corrected chi connectivity index (χ1v) is 19.0. The summed E-state index contributed by atoms with van der Waals surface area (Å²) < 4.78 is 33.1. The Labute approximate surface area is 259 Å². The molecule has 0 saturated heterocycles. The standard InChI is InChI=1S/C33H68NO7P/c1-3-5-7-9-11-12-13-14-15-16-17-18-19-20-21-23-25-28-38-30-32(31-40-42(36,37)39-29-27-34)41-33(35)26-24-22-10-8-6-4-2/h32H,3-31,34H2,1-2H3,(H,36,37). The molecule has 252 valence electrons. The normalized spacial score (nSPS) is 13.7. The van der Waals surface area contributed by atoms with Gasteiger partial charge in [0.05, 0.1) is 19.8 Å². The highest BCUT2D eigenvalue weighted by Gasteiger charge is 2.25. The Morgan fingerprint density at radius 2 is 1.05 bits per heavy atom. The van der Waals surface area contributed by atoms with Crippen LogP contribution in [0.15, 0.2) is 0 Å². The highest BCUT2D eigenvalue weighted by Crippen LogP contribution is 2.43. The van der Waals surface area contributed by atoms with Gasteiger partial charge in [-0.05, 0) is 12.8 Å². The number of ether oxygens (including phenoxy) is 2. The van der Waals surface area contributed by atoms with Crippen LogP contribution in [0.1, 0.15) is 168 Å². The molecule has 3 N–H and O–H groups in total. The minimum atomic E-state index is -4.25. The molecule has 0 aliphatic heterocycles. The van der Waals surface area contributed by atoms with Crippen LogP contribution in [-0.2, 0) is 27.9 Å². The molecule has 0 saturated carbocycles. The van der Waals surface area contributed by atoms with Gasteiger partial charge in [-0.2, -0.15) is 0 Å². The molecule has 8 nitrogen and oxygen atoms in total. The first kappa shape index (κ1) is 41.5. The summed E-state index contributed by atoms with van der Waals surface area (Å²) in [4.78, 5) is 22.1. The van der Waals surface area contributed by atoms with Crippen LogP contribution in [0.4, 0.5) is 0 Å². The van der Waals surface area contributed by atoms with Gasteiger partial charge in [-0.25, -0.2) is 4.57 Å². The zero-order chi connectivity index (χ0) is 31.0. The second-order valence-corrected chi connectivity index (χ2v) is 13.2. The summed E-state index contributed by atoms with van der Waals surface area (Å²) in [7, 11) is -4.25. The van der Waals surface area contributed by atoms with Crippen molar-refractivity contribution in [3.05, 3.63) is 0 Å². The molecule has 0 rings (SSSR count). The molecule has 0 aliphatic carbocycles. The molecule has 2 unspecified atom stereocenters. The summed E-state index contributed by atoms with van der Waals surface area (Å²) in [6.45, 7) is 4.88. The van der Waals surface area contributed by atoms with Crippen molar-refractivity contribution in [1.29, 1.82) is 0 Å². The predicted octanol–water partition coefficient (Wildman–Crippen LogP) is 9.41. The SMILES string of the molecule is CCCCCCCCCCCCCCCCCCCOCC(COP(=O)(O)OCCN)OC(=O)CCCCCCCC. The molecule has 9 heteroatoms. The molecule has 2 atom stereocenters. The van der Waals surface area contributed by atoms with E-state index in [0.29, 0.717) is 13.0 Å². The van der Waals surface area contributed by atoms with Gasteiger partial charge in [0.15, 0.2) is 0 Å². The van der Waals surface area contributed by atoms with Crippen molar-refractivity contribution in [2.45, 2.75) is 174 Å². The summed E-state index contributed by atoms with van der Waals surface area (Å²) in [5, 5.41) is 0. The number of hydrogen-bond acceptors (Lipinski definition) is 7. The largest absolute Gasteiger partial charge is 0.472 e. The lowest BCUT2D eigenvalue weighted by molar-refractivity contribution is -0.154. The van der Waals surface area contributed by atoms with Gasteiger partial charge >= 0.3 is 13.8 Å². The molecule has 0 radical (unpaired) electrons. The first-order chi connectivity index (χ1) is 20.4. The summed E-state index contributed by atoms with van der Waals surface area (Å²) in [5.41, 5.74) is 5.32. The Balaban J connectivity index is 3.93. The summed E-state index contributed by atoms with van der Waals surface area (Å²) in [6, 6.07) is 0. The van der Waals surface area contributed by atoms with Gasteiger partial charge in [0.25, 0.3) is 0 Å². The maximum Gasteiger partial charge on any atom is 0.472 e. The Kier molecular flexibility index (Phi) is 31.5. The van der Waals surface area contributed by atoms with Crippen molar-refractivity contribution in [3.8, 4) is 0 Å². The number of unbranched alkanes of at least 4 members (excludes halogenated alkanes) is 21. The van der Waals surface area contributed by atoms with E-state index in [1.54, 1.807) is 0 Å². The predicted molar refractivity (Wildman–Crippen MR) is 174 cm³/mol.